The summed E-state index contributed by atoms with van der Waals surface area (Å²) < 4.78 is 18.7. The average Bonchev–Trinajstić information content (AvgIpc) is 2.04. The Morgan fingerprint density at radius 3 is 2.15 bits per heavy atom. The van der Waals surface area contributed by atoms with Gasteiger partial charge in [-0.05, 0) is 49.6 Å². The molecule has 1 N–H and O–H groups in total. The van der Waals surface area contributed by atoms with Crippen molar-refractivity contribution in [1.82, 2.24) is 0 Å². The van der Waals surface area contributed by atoms with Gasteiger partial charge in [-0.25, -0.2) is 4.21 Å². The van der Waals surface area contributed by atoms with Crippen molar-refractivity contribution in [2.24, 2.45) is 0 Å². The highest BCUT2D eigenvalue weighted by Gasteiger charge is 2.32. The molecule has 0 radical (unpaired) electrons. The molecule has 2 nitrogen and oxygen atoms in total. The molecule has 0 heterocycles. The fourth-order valence-corrected chi connectivity index (χ4v) is 1.74. The van der Waals surface area contributed by atoms with E-state index >= 15 is 0 Å². The summed E-state index contributed by atoms with van der Waals surface area (Å²) in [5.41, 5.74) is 0.637. The van der Waals surface area contributed by atoms with Crippen LogP contribution in [0.15, 0.2) is 24.3 Å². The zero-order valence-electron chi connectivity index (χ0n) is 6.21. The number of hydrogen-bond acceptors (Lipinski definition) is 1. The molecule has 0 aliphatic rings. The molecule has 1 atom stereocenters. The van der Waals surface area contributed by atoms with Crippen molar-refractivity contribution in [2.45, 2.75) is 2.57 Å². The second-order valence-electron chi connectivity index (χ2n) is 2.27. The summed E-state index contributed by atoms with van der Waals surface area (Å²) >= 11 is 9.83. The summed E-state index contributed by atoms with van der Waals surface area (Å²) in [7, 11) is 0. The molecule has 1 rings (SSSR count). The first kappa shape index (κ1) is 11.7. The lowest BCUT2D eigenvalue weighted by Gasteiger charge is -2.15. The lowest BCUT2D eigenvalue weighted by atomic mass is 10.2. The molecule has 0 saturated carbocycles. The summed E-state index contributed by atoms with van der Waals surface area (Å²) in [6.45, 7) is 0. The maximum Gasteiger partial charge on any atom is 0.205 e. The quantitative estimate of drug-likeness (QED) is 0.656. The van der Waals surface area contributed by atoms with Crippen LogP contribution < -0.4 is 0 Å². The highest BCUT2D eigenvalue weighted by Crippen LogP contribution is 2.40. The molecule has 0 aromatic heterocycles. The normalized spacial score (nSPS) is 14.2. The number of hydrogen-bond donors (Lipinski definition) is 1. The van der Waals surface area contributed by atoms with Crippen molar-refractivity contribution in [3.05, 3.63) is 34.9 Å². The Labute approximate surface area is 100 Å². The maximum atomic E-state index is 10.9. The van der Waals surface area contributed by atoms with E-state index in [-0.39, 0.29) is 0 Å². The van der Waals surface area contributed by atoms with Gasteiger partial charge in [0.25, 0.3) is 0 Å². The second kappa shape index (κ2) is 4.40. The summed E-state index contributed by atoms with van der Waals surface area (Å²) in [5, 5.41) is 0.586. The molecule has 1 aromatic rings. The first-order valence-electron chi connectivity index (χ1n) is 3.19. The van der Waals surface area contributed by atoms with Crippen LogP contribution in [0.25, 0.3) is 0 Å². The molecule has 0 aliphatic carbocycles. The van der Waals surface area contributed by atoms with Gasteiger partial charge in [0.2, 0.25) is 2.57 Å². The van der Waals surface area contributed by atoms with E-state index in [1.54, 1.807) is 24.3 Å². The van der Waals surface area contributed by atoms with Gasteiger partial charge < -0.3 is 4.55 Å². The number of halogens is 3. The van der Waals surface area contributed by atoms with Gasteiger partial charge in [0.05, 0.1) is 0 Å². The van der Waals surface area contributed by atoms with Crippen LogP contribution >= 0.6 is 43.5 Å². The Kier molecular flexibility index (Phi) is 3.94. The van der Waals surface area contributed by atoms with Crippen LogP contribution in [0.1, 0.15) is 5.56 Å². The van der Waals surface area contributed by atoms with Gasteiger partial charge in [-0.15, -0.1) is 0 Å². The lowest BCUT2D eigenvalue weighted by molar-refractivity contribution is 0.560. The Hall–Kier alpha value is 0.580. The van der Waals surface area contributed by atoms with Crippen LogP contribution in [0.5, 0.6) is 0 Å². The van der Waals surface area contributed by atoms with Crippen molar-refractivity contribution in [2.75, 3.05) is 0 Å². The molecule has 0 saturated heterocycles. The van der Waals surface area contributed by atoms with E-state index in [1.165, 1.54) is 0 Å². The summed E-state index contributed by atoms with van der Waals surface area (Å²) in [6.07, 6.45) is 0. The van der Waals surface area contributed by atoms with E-state index < -0.39 is 13.6 Å². The zero-order chi connectivity index (χ0) is 10.1. The third-order valence-electron chi connectivity index (χ3n) is 1.40. The van der Waals surface area contributed by atoms with Gasteiger partial charge >= 0.3 is 0 Å². The van der Waals surface area contributed by atoms with Crippen molar-refractivity contribution >= 4 is 54.5 Å². The van der Waals surface area contributed by atoms with Crippen LogP contribution in [0, 0.1) is 0 Å². The largest absolute Gasteiger partial charge is 0.304 e. The second-order valence-corrected chi connectivity index (χ2v) is 8.31. The van der Waals surface area contributed by atoms with E-state index in [9.17, 15) is 4.21 Å². The monoisotopic (exact) mass is 346 g/mol. The predicted molar refractivity (Wildman–Crippen MR) is 61.8 cm³/mol. The Bertz CT molecular complexity index is 326. The highest BCUT2D eigenvalue weighted by molar-refractivity contribution is 9.27. The van der Waals surface area contributed by atoms with E-state index in [0.717, 1.165) is 0 Å². The predicted octanol–water partition coefficient (Wildman–Crippen LogP) is 3.46. The molecule has 6 heteroatoms. The average molecular weight is 348 g/mol. The molecule has 0 aliphatic heterocycles. The van der Waals surface area contributed by atoms with Gasteiger partial charge in [-0.1, -0.05) is 23.7 Å². The van der Waals surface area contributed by atoms with Crippen molar-refractivity contribution in [1.29, 1.82) is 0 Å². The molecule has 72 valence electrons. The molecule has 0 spiro atoms. The SMILES string of the molecule is O=S(O)C(Br)(Br)c1ccc(Cl)cc1. The molecule has 0 amide bonds. The highest BCUT2D eigenvalue weighted by atomic mass is 79.9. The minimum absolute atomic E-state index is 0.586. The van der Waals surface area contributed by atoms with E-state index in [4.69, 9.17) is 16.2 Å². The van der Waals surface area contributed by atoms with Crippen LogP contribution in [-0.4, -0.2) is 8.76 Å². The van der Waals surface area contributed by atoms with E-state index in [2.05, 4.69) is 31.9 Å². The van der Waals surface area contributed by atoms with Crippen molar-refractivity contribution in [3.63, 3.8) is 0 Å². The number of benzene rings is 1. The van der Waals surface area contributed by atoms with Crippen LogP contribution in [-0.2, 0) is 13.6 Å². The Morgan fingerprint density at radius 2 is 1.77 bits per heavy atom. The fourth-order valence-electron chi connectivity index (χ4n) is 0.745. The number of alkyl halides is 2. The van der Waals surface area contributed by atoms with Gasteiger partial charge in [0.15, 0.2) is 11.1 Å². The minimum Gasteiger partial charge on any atom is -0.304 e. The molecule has 0 fully saturated rings. The molecule has 1 aromatic carbocycles. The maximum absolute atomic E-state index is 10.9. The Morgan fingerprint density at radius 1 is 1.31 bits per heavy atom. The molecular formula is C7H5Br2ClO2S. The smallest absolute Gasteiger partial charge is 0.205 e. The summed E-state index contributed by atoms with van der Waals surface area (Å²) in [6, 6.07) is 6.64. The van der Waals surface area contributed by atoms with Crippen molar-refractivity contribution < 1.29 is 8.76 Å². The Balaban J connectivity index is 3.08. The van der Waals surface area contributed by atoms with Gasteiger partial charge in [0.1, 0.15) is 0 Å². The summed E-state index contributed by atoms with van der Waals surface area (Å²) in [4.78, 5) is 0. The lowest BCUT2D eigenvalue weighted by Crippen LogP contribution is -2.15. The topological polar surface area (TPSA) is 37.3 Å². The van der Waals surface area contributed by atoms with Gasteiger partial charge in [-0.3, -0.25) is 0 Å². The first-order chi connectivity index (χ1) is 5.94. The van der Waals surface area contributed by atoms with Crippen LogP contribution in [0.4, 0.5) is 0 Å². The molecule has 0 bridgehead atoms. The number of rotatable bonds is 2. The van der Waals surface area contributed by atoms with Crippen LogP contribution in [0.3, 0.4) is 0 Å². The first-order valence-corrected chi connectivity index (χ1v) is 6.26. The third kappa shape index (κ3) is 2.76. The third-order valence-corrected chi connectivity index (χ3v) is 4.90. The summed E-state index contributed by atoms with van der Waals surface area (Å²) in [5.74, 6) is 0. The van der Waals surface area contributed by atoms with Crippen molar-refractivity contribution in [3.8, 4) is 0 Å². The van der Waals surface area contributed by atoms with Gasteiger partial charge in [0, 0.05) is 5.02 Å². The standard InChI is InChI=1S/C7H5Br2ClO2S/c8-7(9,13(11)12)5-1-3-6(10)4-2-5/h1-4H,(H,11,12). The van der Waals surface area contributed by atoms with Gasteiger partial charge in [-0.2, -0.15) is 0 Å². The molecule has 13 heavy (non-hydrogen) atoms. The fraction of sp³-hybridized carbons (Fsp3) is 0.143. The van der Waals surface area contributed by atoms with E-state index in [0.29, 0.717) is 10.6 Å². The molecule has 1 unspecified atom stereocenters. The van der Waals surface area contributed by atoms with Crippen LogP contribution in [0.2, 0.25) is 5.02 Å². The molecular weight excluding hydrogens is 343 g/mol. The minimum atomic E-state index is -2.04. The van der Waals surface area contributed by atoms with E-state index in [1.807, 2.05) is 0 Å². The zero-order valence-corrected chi connectivity index (χ0v) is 11.0.